The van der Waals surface area contributed by atoms with Crippen LogP contribution in [0.1, 0.15) is 74.7 Å². The lowest BCUT2D eigenvalue weighted by Crippen LogP contribution is -2.48. The quantitative estimate of drug-likeness (QED) is 0.318. The molecule has 0 saturated heterocycles. The van der Waals surface area contributed by atoms with Crippen LogP contribution in [0.2, 0.25) is 0 Å². The molecular formula is C32H35FN6O2. The molecule has 0 spiro atoms. The Morgan fingerprint density at radius 1 is 1.20 bits per heavy atom. The second-order valence-corrected chi connectivity index (χ2v) is 12.4. The molecule has 9 heteroatoms. The number of ketones is 1. The van der Waals surface area contributed by atoms with E-state index in [9.17, 15) is 14.0 Å². The molecule has 3 aromatic rings. The van der Waals surface area contributed by atoms with E-state index in [1.165, 1.54) is 12.1 Å². The summed E-state index contributed by atoms with van der Waals surface area (Å²) in [4.78, 5) is 31.2. The number of carbonyl (C=O) groups excluding carboxylic acids is 2. The van der Waals surface area contributed by atoms with Crippen LogP contribution in [0.3, 0.4) is 0 Å². The van der Waals surface area contributed by atoms with Crippen LogP contribution in [-0.2, 0) is 9.59 Å². The monoisotopic (exact) mass is 554 g/mol. The first-order chi connectivity index (χ1) is 19.6. The Balaban J connectivity index is 1.42. The predicted molar refractivity (Wildman–Crippen MR) is 156 cm³/mol. The van der Waals surface area contributed by atoms with Gasteiger partial charge in [0.25, 0.3) is 0 Å². The topological polar surface area (TPSA) is 140 Å². The van der Waals surface area contributed by atoms with E-state index in [0.29, 0.717) is 42.2 Å². The van der Waals surface area contributed by atoms with Gasteiger partial charge in [0.2, 0.25) is 5.91 Å². The van der Waals surface area contributed by atoms with E-state index < -0.39 is 23.2 Å². The first kappa shape index (κ1) is 27.1. The molecule has 6 N–H and O–H groups in total. The van der Waals surface area contributed by atoms with Crippen LogP contribution in [0.5, 0.6) is 0 Å². The lowest BCUT2D eigenvalue weighted by Gasteiger charge is -2.46. The number of primary amides is 1. The van der Waals surface area contributed by atoms with Crippen LogP contribution in [0, 0.1) is 16.6 Å². The average Bonchev–Trinajstić information content (AvgIpc) is 3.31. The number of halogens is 1. The molecule has 1 amide bonds. The number of fused-ring (bicyclic) bond motifs is 1. The van der Waals surface area contributed by atoms with Crippen LogP contribution < -0.4 is 16.8 Å². The second-order valence-electron chi connectivity index (χ2n) is 12.4. The number of aromatic amines is 1. The van der Waals surface area contributed by atoms with Crippen molar-refractivity contribution < 1.29 is 14.0 Å². The molecule has 212 valence electrons. The average molecular weight is 555 g/mol. The fourth-order valence-electron chi connectivity index (χ4n) is 6.81. The fourth-order valence-corrected chi connectivity index (χ4v) is 6.81. The molecule has 0 bridgehead atoms. The van der Waals surface area contributed by atoms with Crippen molar-refractivity contribution in [2.75, 3.05) is 11.9 Å². The Morgan fingerprint density at radius 2 is 2.00 bits per heavy atom. The zero-order chi connectivity index (χ0) is 28.9. The van der Waals surface area contributed by atoms with E-state index in [4.69, 9.17) is 11.5 Å². The summed E-state index contributed by atoms with van der Waals surface area (Å²) < 4.78 is 13.7. The summed E-state index contributed by atoms with van der Waals surface area (Å²) in [6.45, 7) is 4.51. The van der Waals surface area contributed by atoms with Gasteiger partial charge in [0.05, 0.1) is 17.3 Å². The van der Waals surface area contributed by atoms with Gasteiger partial charge in [0.15, 0.2) is 11.6 Å². The summed E-state index contributed by atoms with van der Waals surface area (Å²) in [6.07, 6.45) is 9.27. The van der Waals surface area contributed by atoms with Crippen molar-refractivity contribution in [2.45, 2.75) is 57.8 Å². The van der Waals surface area contributed by atoms with Gasteiger partial charge in [-0.1, -0.05) is 44.5 Å². The summed E-state index contributed by atoms with van der Waals surface area (Å²) in [5.41, 5.74) is 16.8. The minimum Gasteiger partial charge on any atom is -0.369 e. The van der Waals surface area contributed by atoms with Crippen molar-refractivity contribution in [2.24, 2.45) is 22.3 Å². The first-order valence-corrected chi connectivity index (χ1v) is 14.1. The normalized spacial score (nSPS) is 21.6. The maximum atomic E-state index is 13.7. The smallest absolute Gasteiger partial charge is 0.227 e. The molecular weight excluding hydrogens is 519 g/mol. The third-order valence-electron chi connectivity index (χ3n) is 8.99. The highest BCUT2D eigenvalue weighted by atomic mass is 19.1. The van der Waals surface area contributed by atoms with Gasteiger partial charge in [-0.2, -0.15) is 5.10 Å². The fraction of sp³-hybridized carbons (Fsp3) is 0.375. The van der Waals surface area contributed by atoms with Crippen molar-refractivity contribution in [1.82, 2.24) is 15.2 Å². The van der Waals surface area contributed by atoms with Crippen LogP contribution in [-0.4, -0.2) is 33.4 Å². The number of Topliss-reactive ketones (excluding diaryl/α,β-unsaturated/α-hetero) is 1. The summed E-state index contributed by atoms with van der Waals surface area (Å²) in [7, 11) is 0. The van der Waals surface area contributed by atoms with Crippen molar-refractivity contribution in [1.29, 1.82) is 0 Å². The van der Waals surface area contributed by atoms with Gasteiger partial charge < -0.3 is 16.8 Å². The molecule has 2 aromatic heterocycles. The molecule has 1 fully saturated rings. The maximum absolute atomic E-state index is 13.7. The minimum atomic E-state index is -0.642. The van der Waals surface area contributed by atoms with E-state index in [2.05, 4.69) is 34.3 Å². The summed E-state index contributed by atoms with van der Waals surface area (Å²) in [6, 6.07) is 10.1. The van der Waals surface area contributed by atoms with Gasteiger partial charge in [0, 0.05) is 40.9 Å². The number of nitrogens with zero attached hydrogens (tertiary/aromatic N) is 2. The number of H-pyrrole nitrogens is 1. The van der Waals surface area contributed by atoms with Gasteiger partial charge in [-0.05, 0) is 66.5 Å². The Bertz CT molecular complexity index is 1580. The molecule has 8 nitrogen and oxygen atoms in total. The Labute approximate surface area is 238 Å². The highest BCUT2D eigenvalue weighted by Crippen LogP contribution is 2.54. The third kappa shape index (κ3) is 4.78. The van der Waals surface area contributed by atoms with E-state index in [1.807, 2.05) is 30.4 Å². The van der Waals surface area contributed by atoms with Gasteiger partial charge >= 0.3 is 0 Å². The number of pyridine rings is 1. The standard InChI is InChI=1S/C32H35FN6O2/c1-31(2)14-23-25(24(40)15-31)22(10-9-21-8-7-19(16-36-21)18-5-3-6-20(33)13-18)26-28(38-39-30(26)37-23)27(29(35)41)32(17-34)11-4-12-32/h3,5-10,13,16,22,27H,4,11-12,14-15,17,34H2,1-2H3,(H2,35,41)(H2,37,38,39). The molecule has 1 aliphatic heterocycles. The van der Waals surface area contributed by atoms with Crippen molar-refractivity contribution in [3.05, 3.63) is 82.7 Å². The zero-order valence-corrected chi connectivity index (χ0v) is 23.3. The number of carbonyl (C=O) groups is 2. The Hall–Kier alpha value is -4.11. The third-order valence-corrected chi connectivity index (χ3v) is 8.99. The van der Waals surface area contributed by atoms with Crippen molar-refractivity contribution in [3.63, 3.8) is 0 Å². The molecule has 6 rings (SSSR count). The molecule has 1 aromatic carbocycles. The number of benzene rings is 1. The van der Waals surface area contributed by atoms with Crippen molar-refractivity contribution >= 4 is 23.6 Å². The van der Waals surface area contributed by atoms with E-state index in [0.717, 1.165) is 41.6 Å². The molecule has 2 atom stereocenters. The van der Waals surface area contributed by atoms with Crippen LogP contribution in [0.15, 0.2) is 59.9 Å². The van der Waals surface area contributed by atoms with Crippen LogP contribution in [0.4, 0.5) is 10.2 Å². The SMILES string of the molecule is CC1(C)CC(=O)C2=C(C1)Nc1n[nH]c(C(C(N)=O)C3(CN)CCC3)c1C2C=Cc1ccc(-c2cccc(F)c2)cn1. The number of nitrogens with one attached hydrogen (secondary N) is 2. The van der Waals surface area contributed by atoms with Crippen LogP contribution in [0.25, 0.3) is 17.2 Å². The molecule has 41 heavy (non-hydrogen) atoms. The second kappa shape index (κ2) is 10.1. The maximum Gasteiger partial charge on any atom is 0.227 e. The Kier molecular flexibility index (Phi) is 6.65. The molecule has 2 aliphatic carbocycles. The van der Waals surface area contributed by atoms with E-state index in [-0.39, 0.29) is 17.0 Å². The number of rotatable bonds is 7. The van der Waals surface area contributed by atoms with E-state index >= 15 is 0 Å². The number of anilines is 1. The molecule has 3 aliphatic rings. The van der Waals surface area contributed by atoms with E-state index in [1.54, 1.807) is 12.3 Å². The minimum absolute atomic E-state index is 0.0680. The highest BCUT2D eigenvalue weighted by Gasteiger charge is 2.50. The zero-order valence-electron chi connectivity index (χ0n) is 23.3. The van der Waals surface area contributed by atoms with Gasteiger partial charge in [-0.3, -0.25) is 19.7 Å². The van der Waals surface area contributed by atoms with Gasteiger partial charge in [-0.25, -0.2) is 4.39 Å². The van der Waals surface area contributed by atoms with Crippen LogP contribution >= 0.6 is 0 Å². The largest absolute Gasteiger partial charge is 0.369 e. The summed E-state index contributed by atoms with van der Waals surface area (Å²) >= 11 is 0. The highest BCUT2D eigenvalue weighted by molar-refractivity contribution is 6.01. The first-order valence-electron chi connectivity index (χ1n) is 14.1. The number of nitrogens with two attached hydrogens (primary N) is 2. The molecule has 3 heterocycles. The van der Waals surface area contributed by atoms with Gasteiger partial charge in [0.1, 0.15) is 5.82 Å². The number of hydrogen-bond acceptors (Lipinski definition) is 6. The lowest BCUT2D eigenvalue weighted by molar-refractivity contribution is -0.124. The van der Waals surface area contributed by atoms with Gasteiger partial charge in [-0.15, -0.1) is 0 Å². The number of aromatic nitrogens is 3. The molecule has 1 saturated carbocycles. The molecule has 0 radical (unpaired) electrons. The lowest BCUT2D eigenvalue weighted by atomic mass is 9.59. The number of hydrogen-bond donors (Lipinski definition) is 4. The summed E-state index contributed by atoms with van der Waals surface area (Å²) in [5.74, 6) is -1.17. The predicted octanol–water partition coefficient (Wildman–Crippen LogP) is 5.17. The number of amides is 1. The Morgan fingerprint density at radius 3 is 2.63 bits per heavy atom. The summed E-state index contributed by atoms with van der Waals surface area (Å²) in [5, 5.41) is 11.1. The number of allylic oxidation sites excluding steroid dienone is 3. The van der Waals surface area contributed by atoms with Crippen molar-refractivity contribution in [3.8, 4) is 11.1 Å². The molecule has 2 unspecified atom stereocenters.